The number of benzene rings is 2. The molecule has 0 spiro atoms. The second-order valence-corrected chi connectivity index (χ2v) is 4.90. The van der Waals surface area contributed by atoms with Gasteiger partial charge in [-0.05, 0) is 42.2 Å². The highest BCUT2D eigenvalue weighted by atomic mass is 16.3. The van der Waals surface area contributed by atoms with Gasteiger partial charge in [-0.2, -0.15) is 0 Å². The molecule has 1 saturated carbocycles. The molecule has 0 aliphatic heterocycles. The molecule has 2 N–H and O–H groups in total. The van der Waals surface area contributed by atoms with Crippen molar-refractivity contribution in [2.75, 3.05) is 5.32 Å². The van der Waals surface area contributed by atoms with E-state index >= 15 is 0 Å². The normalized spacial score (nSPS) is 20.8. The van der Waals surface area contributed by atoms with Crippen LogP contribution in [0.2, 0.25) is 0 Å². The van der Waals surface area contributed by atoms with E-state index in [0.29, 0.717) is 0 Å². The number of nitrogens with one attached hydrogen (secondary N) is 1. The minimum atomic E-state index is 0.0461. The van der Waals surface area contributed by atoms with Crippen LogP contribution in [0.3, 0.4) is 0 Å². The topological polar surface area (TPSA) is 49.3 Å². The highest BCUT2D eigenvalue weighted by molar-refractivity contribution is 5.95. The van der Waals surface area contributed by atoms with E-state index in [0.717, 1.165) is 17.7 Å². The molecule has 0 bridgehead atoms. The lowest BCUT2D eigenvalue weighted by Crippen LogP contribution is -2.14. The van der Waals surface area contributed by atoms with Gasteiger partial charge in [0.25, 0.3) is 0 Å². The first kappa shape index (κ1) is 11.8. The summed E-state index contributed by atoms with van der Waals surface area (Å²) < 4.78 is 0. The van der Waals surface area contributed by atoms with Gasteiger partial charge in [0.1, 0.15) is 5.75 Å². The largest absolute Gasteiger partial charge is 0.508 e. The Hall–Kier alpha value is -2.29. The van der Waals surface area contributed by atoms with E-state index in [1.54, 1.807) is 12.1 Å². The van der Waals surface area contributed by atoms with Crippen molar-refractivity contribution in [3.8, 4) is 5.75 Å². The van der Waals surface area contributed by atoms with Crippen molar-refractivity contribution in [2.24, 2.45) is 5.92 Å². The molecule has 2 atom stereocenters. The number of rotatable bonds is 3. The maximum atomic E-state index is 12.1. The van der Waals surface area contributed by atoms with Crippen molar-refractivity contribution in [1.82, 2.24) is 0 Å². The molecule has 1 fully saturated rings. The van der Waals surface area contributed by atoms with E-state index in [1.165, 1.54) is 0 Å². The van der Waals surface area contributed by atoms with Crippen LogP contribution in [-0.4, -0.2) is 11.0 Å². The molecule has 96 valence electrons. The quantitative estimate of drug-likeness (QED) is 0.882. The first-order valence-corrected chi connectivity index (χ1v) is 6.39. The number of hydrogen-bond acceptors (Lipinski definition) is 2. The summed E-state index contributed by atoms with van der Waals surface area (Å²) in [5, 5.41) is 12.2. The Morgan fingerprint density at radius 1 is 1.05 bits per heavy atom. The predicted molar refractivity (Wildman–Crippen MR) is 74.0 cm³/mol. The van der Waals surface area contributed by atoms with Gasteiger partial charge in [-0.3, -0.25) is 4.79 Å². The number of anilines is 1. The Morgan fingerprint density at radius 3 is 2.42 bits per heavy atom. The Bertz CT molecular complexity index is 577. The third kappa shape index (κ3) is 2.60. The Morgan fingerprint density at radius 2 is 1.74 bits per heavy atom. The number of para-hydroxylation sites is 1. The summed E-state index contributed by atoms with van der Waals surface area (Å²) in [5.74, 6) is 0.660. The minimum Gasteiger partial charge on any atom is -0.508 e. The first-order valence-electron chi connectivity index (χ1n) is 6.39. The third-order valence-electron chi connectivity index (χ3n) is 3.49. The molecule has 1 aliphatic carbocycles. The summed E-state index contributed by atoms with van der Waals surface area (Å²) in [4.78, 5) is 12.1. The third-order valence-corrected chi connectivity index (χ3v) is 3.49. The van der Waals surface area contributed by atoms with Crippen LogP contribution in [0.25, 0.3) is 0 Å². The molecule has 1 amide bonds. The molecular weight excluding hydrogens is 238 g/mol. The number of phenolic OH excluding ortho intramolecular Hbond substituents is 1. The average molecular weight is 253 g/mol. The van der Waals surface area contributed by atoms with Crippen molar-refractivity contribution in [3.05, 3.63) is 60.2 Å². The lowest BCUT2D eigenvalue weighted by atomic mass is 10.1. The summed E-state index contributed by atoms with van der Waals surface area (Å²) in [6.07, 6.45) is 0.878. The lowest BCUT2D eigenvalue weighted by molar-refractivity contribution is -0.117. The number of carbonyl (C=O) groups excluding carboxylic acids is 1. The van der Waals surface area contributed by atoms with E-state index in [9.17, 15) is 9.90 Å². The molecule has 0 aromatic heterocycles. The first-order chi connectivity index (χ1) is 9.24. The van der Waals surface area contributed by atoms with Gasteiger partial charge in [0.2, 0.25) is 5.91 Å². The van der Waals surface area contributed by atoms with Crippen molar-refractivity contribution in [3.63, 3.8) is 0 Å². The van der Waals surface area contributed by atoms with E-state index in [4.69, 9.17) is 0 Å². The highest BCUT2D eigenvalue weighted by Gasteiger charge is 2.43. The molecule has 1 aliphatic rings. The summed E-state index contributed by atoms with van der Waals surface area (Å²) in [6, 6.07) is 16.6. The number of phenols is 1. The van der Waals surface area contributed by atoms with Crippen LogP contribution in [-0.2, 0) is 4.79 Å². The zero-order chi connectivity index (χ0) is 13.2. The second kappa shape index (κ2) is 4.76. The number of carbonyl (C=O) groups is 1. The number of hydrogen-bond donors (Lipinski definition) is 2. The summed E-state index contributed by atoms with van der Waals surface area (Å²) in [6.45, 7) is 0. The van der Waals surface area contributed by atoms with Crippen molar-refractivity contribution in [2.45, 2.75) is 12.3 Å². The van der Waals surface area contributed by atoms with E-state index in [2.05, 4.69) is 5.32 Å². The molecule has 0 radical (unpaired) electrons. The van der Waals surface area contributed by atoms with Crippen LogP contribution in [0, 0.1) is 5.92 Å². The van der Waals surface area contributed by atoms with E-state index < -0.39 is 0 Å². The van der Waals surface area contributed by atoms with Crippen LogP contribution < -0.4 is 5.32 Å². The van der Waals surface area contributed by atoms with E-state index in [1.807, 2.05) is 42.5 Å². The van der Waals surface area contributed by atoms with Gasteiger partial charge in [-0.25, -0.2) is 0 Å². The maximum Gasteiger partial charge on any atom is 0.228 e. The molecule has 19 heavy (non-hydrogen) atoms. The van der Waals surface area contributed by atoms with Crippen LogP contribution in [0.5, 0.6) is 5.75 Å². The van der Waals surface area contributed by atoms with Crippen molar-refractivity contribution >= 4 is 11.6 Å². The van der Waals surface area contributed by atoms with E-state index in [-0.39, 0.29) is 23.5 Å². The van der Waals surface area contributed by atoms with Gasteiger partial charge in [0.05, 0.1) is 0 Å². The SMILES string of the molecule is O=C(Nc1ccccc1)C1CC1c1ccc(O)cc1. The molecule has 0 heterocycles. The Kier molecular flexibility index (Phi) is 2.95. The molecule has 3 rings (SSSR count). The van der Waals surface area contributed by atoms with Gasteiger partial charge in [0.15, 0.2) is 0 Å². The summed E-state index contributed by atoms with van der Waals surface area (Å²) >= 11 is 0. The molecule has 3 heteroatoms. The van der Waals surface area contributed by atoms with Crippen LogP contribution in [0.1, 0.15) is 17.9 Å². The smallest absolute Gasteiger partial charge is 0.228 e. The van der Waals surface area contributed by atoms with Gasteiger partial charge in [-0.15, -0.1) is 0 Å². The van der Waals surface area contributed by atoms with Crippen LogP contribution >= 0.6 is 0 Å². The number of amides is 1. The van der Waals surface area contributed by atoms with Gasteiger partial charge < -0.3 is 10.4 Å². The fourth-order valence-corrected chi connectivity index (χ4v) is 2.33. The van der Waals surface area contributed by atoms with Crippen molar-refractivity contribution < 1.29 is 9.90 Å². The zero-order valence-corrected chi connectivity index (χ0v) is 10.4. The molecule has 2 unspecified atom stereocenters. The molecule has 3 nitrogen and oxygen atoms in total. The minimum absolute atomic E-state index is 0.0461. The summed E-state index contributed by atoms with van der Waals surface area (Å²) in [7, 11) is 0. The average Bonchev–Trinajstić information content (AvgIpc) is 3.21. The summed E-state index contributed by atoms with van der Waals surface area (Å²) in [5.41, 5.74) is 1.95. The lowest BCUT2D eigenvalue weighted by Gasteiger charge is -2.04. The molecular formula is C16H15NO2. The van der Waals surface area contributed by atoms with Crippen LogP contribution in [0.15, 0.2) is 54.6 Å². The zero-order valence-electron chi connectivity index (χ0n) is 10.4. The second-order valence-electron chi connectivity index (χ2n) is 4.90. The fourth-order valence-electron chi connectivity index (χ4n) is 2.33. The predicted octanol–water partition coefficient (Wildman–Crippen LogP) is 3.13. The molecule has 2 aromatic carbocycles. The van der Waals surface area contributed by atoms with Gasteiger partial charge in [-0.1, -0.05) is 30.3 Å². The fraction of sp³-hybridized carbons (Fsp3) is 0.188. The Balaban J connectivity index is 1.63. The molecule has 2 aromatic rings. The maximum absolute atomic E-state index is 12.1. The monoisotopic (exact) mass is 253 g/mol. The number of aromatic hydroxyl groups is 1. The van der Waals surface area contributed by atoms with Crippen LogP contribution in [0.4, 0.5) is 5.69 Å². The molecule has 0 saturated heterocycles. The van der Waals surface area contributed by atoms with Gasteiger partial charge in [0, 0.05) is 11.6 Å². The van der Waals surface area contributed by atoms with Crippen molar-refractivity contribution in [1.29, 1.82) is 0 Å². The Labute approximate surface area is 111 Å². The van der Waals surface area contributed by atoms with Gasteiger partial charge >= 0.3 is 0 Å². The highest BCUT2D eigenvalue weighted by Crippen LogP contribution is 2.48. The standard InChI is InChI=1S/C16H15NO2/c18-13-8-6-11(7-9-13)14-10-15(14)16(19)17-12-4-2-1-3-5-12/h1-9,14-15,18H,10H2,(H,17,19).